The van der Waals surface area contributed by atoms with Gasteiger partial charge in [0.1, 0.15) is 18.4 Å². The summed E-state index contributed by atoms with van der Waals surface area (Å²) in [5.74, 6) is -0.552. The lowest BCUT2D eigenvalue weighted by Crippen LogP contribution is -2.72. The lowest BCUT2D eigenvalue weighted by atomic mass is 9.85. The maximum atomic E-state index is 15.1. The van der Waals surface area contributed by atoms with Crippen molar-refractivity contribution in [1.29, 1.82) is 0 Å². The van der Waals surface area contributed by atoms with Crippen molar-refractivity contribution in [2.45, 2.75) is 43.1 Å². The van der Waals surface area contributed by atoms with Crippen molar-refractivity contribution in [3.05, 3.63) is 35.9 Å². The van der Waals surface area contributed by atoms with Crippen LogP contribution in [0.2, 0.25) is 0 Å². The summed E-state index contributed by atoms with van der Waals surface area (Å²) >= 11 is 6.39. The van der Waals surface area contributed by atoms with E-state index in [2.05, 4.69) is 6.92 Å². The maximum absolute atomic E-state index is 15.1. The van der Waals surface area contributed by atoms with Gasteiger partial charge in [0.05, 0.1) is 10.9 Å². The summed E-state index contributed by atoms with van der Waals surface area (Å²) in [5.41, 5.74) is 5.12. The van der Waals surface area contributed by atoms with Crippen LogP contribution < -0.4 is 5.73 Å². The van der Waals surface area contributed by atoms with Gasteiger partial charge in [-0.25, -0.2) is 9.18 Å². The summed E-state index contributed by atoms with van der Waals surface area (Å²) in [4.78, 5) is 14.0. The first-order valence-electron chi connectivity index (χ1n) is 8.50. The van der Waals surface area contributed by atoms with E-state index in [0.717, 1.165) is 12.8 Å². The van der Waals surface area contributed by atoms with Crippen molar-refractivity contribution in [2.75, 3.05) is 26.8 Å². The Kier molecular flexibility index (Phi) is 7.19. The zero-order chi connectivity index (χ0) is 18.4. The minimum atomic E-state index is -1.57. The van der Waals surface area contributed by atoms with Crippen LogP contribution in [0.25, 0.3) is 0 Å². The number of halogens is 2. The van der Waals surface area contributed by atoms with Crippen LogP contribution >= 0.6 is 11.6 Å². The number of ether oxygens (including phenoxy) is 2. The van der Waals surface area contributed by atoms with Crippen molar-refractivity contribution in [3.8, 4) is 0 Å². The zero-order valence-corrected chi connectivity index (χ0v) is 15.4. The lowest BCUT2D eigenvalue weighted by Gasteiger charge is -2.48. The van der Waals surface area contributed by atoms with Gasteiger partial charge in [0.25, 0.3) is 0 Å². The van der Waals surface area contributed by atoms with Crippen LogP contribution in [0.5, 0.6) is 0 Å². The van der Waals surface area contributed by atoms with Gasteiger partial charge in [-0.3, -0.25) is 4.90 Å². The van der Waals surface area contributed by atoms with Crippen LogP contribution in [0.1, 0.15) is 30.1 Å². The summed E-state index contributed by atoms with van der Waals surface area (Å²) in [5, 5.41) is -0.700. The topological polar surface area (TPSA) is 64.8 Å². The van der Waals surface area contributed by atoms with Crippen LogP contribution in [-0.4, -0.2) is 61.0 Å². The van der Waals surface area contributed by atoms with E-state index in [1.54, 1.807) is 30.3 Å². The molecule has 25 heavy (non-hydrogen) atoms. The minimum Gasteiger partial charge on any atom is -0.460 e. The van der Waals surface area contributed by atoms with Crippen molar-refractivity contribution in [1.82, 2.24) is 4.90 Å². The molecular formula is C18H26ClFN2O3. The normalized spacial score (nSPS) is 30.2. The molecule has 1 aliphatic rings. The van der Waals surface area contributed by atoms with Crippen LogP contribution in [0, 0.1) is 0 Å². The third-order valence-electron chi connectivity index (χ3n) is 4.60. The van der Waals surface area contributed by atoms with Gasteiger partial charge in [0.15, 0.2) is 6.17 Å². The first-order valence-corrected chi connectivity index (χ1v) is 8.93. The third kappa shape index (κ3) is 4.50. The minimum absolute atomic E-state index is 0.308. The molecule has 7 heteroatoms. The number of unbranched alkanes of at least 4 members (excludes halogenated alkanes) is 1. The van der Waals surface area contributed by atoms with Gasteiger partial charge in [0, 0.05) is 20.2 Å². The van der Waals surface area contributed by atoms with E-state index in [9.17, 15) is 4.79 Å². The van der Waals surface area contributed by atoms with E-state index in [4.69, 9.17) is 26.8 Å². The zero-order valence-electron chi connectivity index (χ0n) is 14.7. The largest absolute Gasteiger partial charge is 0.460 e. The number of rotatable bonds is 7. The van der Waals surface area contributed by atoms with Crippen molar-refractivity contribution >= 4 is 17.6 Å². The van der Waals surface area contributed by atoms with Gasteiger partial charge < -0.3 is 15.2 Å². The van der Waals surface area contributed by atoms with Gasteiger partial charge in [-0.1, -0.05) is 31.5 Å². The van der Waals surface area contributed by atoms with E-state index >= 15 is 4.39 Å². The second-order valence-corrected chi connectivity index (χ2v) is 6.93. The van der Waals surface area contributed by atoms with E-state index in [1.807, 2.05) is 4.90 Å². The van der Waals surface area contributed by atoms with Crippen molar-refractivity contribution in [3.63, 3.8) is 0 Å². The fourth-order valence-electron chi connectivity index (χ4n) is 2.97. The van der Waals surface area contributed by atoms with Gasteiger partial charge in [-0.05, 0) is 18.6 Å². The summed E-state index contributed by atoms with van der Waals surface area (Å²) < 4.78 is 25.7. The molecule has 0 amide bonds. The number of hydrogen-bond acceptors (Lipinski definition) is 5. The predicted octanol–water partition coefficient (Wildman–Crippen LogP) is 2.57. The highest BCUT2D eigenvalue weighted by Gasteiger charge is 2.53. The Labute approximate surface area is 153 Å². The Morgan fingerprint density at radius 3 is 2.72 bits per heavy atom. The molecule has 0 bridgehead atoms. The Hall–Kier alpha value is -1.21. The standard InChI is InChI=1S/C18H26ClFN2O3/c1-3-4-10-22-11-14(19)18(21,15(20)16(22)24-2)12-25-17(23)13-8-6-5-7-9-13/h5-9,14-16H,3-4,10-12,21H2,1-2H3. The molecule has 140 valence electrons. The molecule has 0 saturated carbocycles. The molecule has 2 rings (SSSR count). The number of nitrogens with two attached hydrogens (primary N) is 1. The molecule has 1 aliphatic heterocycles. The Morgan fingerprint density at radius 2 is 2.12 bits per heavy atom. The van der Waals surface area contributed by atoms with Gasteiger partial charge in [-0.15, -0.1) is 11.6 Å². The molecule has 4 atom stereocenters. The maximum Gasteiger partial charge on any atom is 0.338 e. The Balaban J connectivity index is 2.06. The number of carbonyl (C=O) groups is 1. The highest BCUT2D eigenvalue weighted by Crippen LogP contribution is 2.33. The Morgan fingerprint density at radius 1 is 1.44 bits per heavy atom. The van der Waals surface area contributed by atoms with Crippen LogP contribution in [-0.2, 0) is 9.47 Å². The number of alkyl halides is 2. The second kappa shape index (κ2) is 8.94. The van der Waals surface area contributed by atoms with E-state index in [0.29, 0.717) is 18.7 Å². The van der Waals surface area contributed by atoms with E-state index in [1.165, 1.54) is 7.11 Å². The molecule has 4 unspecified atom stereocenters. The molecule has 5 nitrogen and oxygen atoms in total. The molecule has 0 aliphatic carbocycles. The molecule has 1 heterocycles. The molecule has 1 saturated heterocycles. The lowest BCUT2D eigenvalue weighted by molar-refractivity contribution is -0.135. The van der Waals surface area contributed by atoms with Crippen molar-refractivity contribution < 1.29 is 18.7 Å². The molecule has 0 aromatic heterocycles. The molecule has 1 fully saturated rings. The molecule has 0 radical (unpaired) electrons. The first kappa shape index (κ1) is 20.1. The highest BCUT2D eigenvalue weighted by atomic mass is 35.5. The number of piperidine rings is 1. The van der Waals surface area contributed by atoms with Crippen LogP contribution in [0.3, 0.4) is 0 Å². The number of carbonyl (C=O) groups excluding carboxylic acids is 1. The van der Waals surface area contributed by atoms with Crippen LogP contribution in [0.4, 0.5) is 4.39 Å². The van der Waals surface area contributed by atoms with Gasteiger partial charge in [0.2, 0.25) is 0 Å². The number of methoxy groups -OCH3 is 1. The summed E-state index contributed by atoms with van der Waals surface area (Å²) in [6.45, 7) is 2.81. The summed E-state index contributed by atoms with van der Waals surface area (Å²) in [6, 6.07) is 8.50. The number of nitrogens with zero attached hydrogens (tertiary/aromatic N) is 1. The molecule has 1 aromatic carbocycles. The summed E-state index contributed by atoms with van der Waals surface area (Å²) in [7, 11) is 1.45. The monoisotopic (exact) mass is 372 g/mol. The number of likely N-dealkylation sites (tertiary alicyclic amines) is 1. The highest BCUT2D eigenvalue weighted by molar-refractivity contribution is 6.21. The first-order chi connectivity index (χ1) is 11.9. The third-order valence-corrected chi connectivity index (χ3v) is 5.15. The second-order valence-electron chi connectivity index (χ2n) is 6.40. The molecule has 2 N–H and O–H groups in total. The van der Waals surface area contributed by atoms with E-state index in [-0.39, 0.29) is 6.61 Å². The fraction of sp³-hybridized carbons (Fsp3) is 0.611. The van der Waals surface area contributed by atoms with Gasteiger partial charge in [-0.2, -0.15) is 0 Å². The van der Waals surface area contributed by atoms with E-state index < -0.39 is 29.3 Å². The van der Waals surface area contributed by atoms with Crippen molar-refractivity contribution in [2.24, 2.45) is 5.73 Å². The average molecular weight is 373 g/mol. The number of esters is 1. The SMILES string of the molecule is CCCCN1CC(Cl)C(N)(COC(=O)c2ccccc2)C(F)C1OC. The fourth-order valence-corrected chi connectivity index (χ4v) is 3.33. The van der Waals surface area contributed by atoms with Crippen LogP contribution in [0.15, 0.2) is 30.3 Å². The predicted molar refractivity (Wildman–Crippen MR) is 95.5 cm³/mol. The number of hydrogen-bond donors (Lipinski definition) is 1. The molecular weight excluding hydrogens is 347 g/mol. The quantitative estimate of drug-likeness (QED) is 0.588. The van der Waals surface area contributed by atoms with Gasteiger partial charge >= 0.3 is 5.97 Å². The Bertz CT molecular complexity index is 563. The molecule has 1 aromatic rings. The number of benzene rings is 1. The summed E-state index contributed by atoms with van der Waals surface area (Å²) in [6.07, 6.45) is -0.480. The smallest absolute Gasteiger partial charge is 0.338 e. The average Bonchev–Trinajstić information content (AvgIpc) is 2.63. The molecule has 0 spiro atoms.